The van der Waals surface area contributed by atoms with E-state index in [1.807, 2.05) is 42.5 Å². The first kappa shape index (κ1) is 16.6. The number of aromatic nitrogens is 1. The van der Waals surface area contributed by atoms with E-state index in [-0.39, 0.29) is 5.92 Å². The molecule has 1 heteroatoms. The van der Waals surface area contributed by atoms with Crippen LogP contribution in [-0.4, -0.2) is 4.98 Å². The summed E-state index contributed by atoms with van der Waals surface area (Å²) in [6.07, 6.45) is 7.98. The Labute approximate surface area is 149 Å². The van der Waals surface area contributed by atoms with E-state index >= 15 is 0 Å². The molecule has 1 nitrogen and oxygen atoms in total. The maximum Gasteiger partial charge on any atom is 0.0726 e. The van der Waals surface area contributed by atoms with Crippen LogP contribution in [0.3, 0.4) is 0 Å². The molecule has 0 aliphatic rings. The van der Waals surface area contributed by atoms with E-state index < -0.39 is 0 Å². The van der Waals surface area contributed by atoms with Gasteiger partial charge in [0, 0.05) is 17.1 Å². The van der Waals surface area contributed by atoms with Crippen LogP contribution >= 0.6 is 0 Å². The Hall–Kier alpha value is -3.24. The predicted molar refractivity (Wildman–Crippen MR) is 106 cm³/mol. The number of hydrogen-bond donors (Lipinski definition) is 1. The third-order valence-corrected chi connectivity index (χ3v) is 4.14. The minimum atomic E-state index is 0.0100. The Kier molecular flexibility index (Phi) is 5.34. The molecule has 3 aromatic rings. The number of H-pyrrole nitrogens is 1. The minimum Gasteiger partial charge on any atom is -0.361 e. The highest BCUT2D eigenvalue weighted by Crippen LogP contribution is 2.21. The van der Waals surface area contributed by atoms with Crippen molar-refractivity contribution in [2.24, 2.45) is 0 Å². The molecule has 3 rings (SSSR count). The average molecular weight is 323 g/mol. The molecule has 0 amide bonds. The van der Waals surface area contributed by atoms with E-state index in [0.717, 1.165) is 10.9 Å². The van der Waals surface area contributed by atoms with Crippen LogP contribution in [-0.2, 0) is 0 Å². The second-order valence-corrected chi connectivity index (χ2v) is 5.74. The van der Waals surface area contributed by atoms with Crippen molar-refractivity contribution >= 4 is 12.2 Å². The van der Waals surface area contributed by atoms with Gasteiger partial charge in [-0.05, 0) is 41.5 Å². The van der Waals surface area contributed by atoms with Crippen molar-refractivity contribution in [1.82, 2.24) is 4.98 Å². The lowest BCUT2D eigenvalue weighted by molar-refractivity contribution is 1.06. The van der Waals surface area contributed by atoms with Gasteiger partial charge in [0.05, 0.1) is 5.92 Å². The van der Waals surface area contributed by atoms with E-state index in [4.69, 9.17) is 0 Å². The van der Waals surface area contributed by atoms with Crippen molar-refractivity contribution in [1.29, 1.82) is 0 Å². The van der Waals surface area contributed by atoms with Gasteiger partial charge in [0.2, 0.25) is 0 Å². The van der Waals surface area contributed by atoms with Crippen LogP contribution in [0.1, 0.15) is 29.5 Å². The first-order valence-electron chi connectivity index (χ1n) is 8.41. The molecular weight excluding hydrogens is 302 g/mol. The Bertz CT molecular complexity index is 1010. The zero-order valence-corrected chi connectivity index (χ0v) is 14.4. The summed E-state index contributed by atoms with van der Waals surface area (Å²) in [6.45, 7) is 5.86. The van der Waals surface area contributed by atoms with E-state index in [9.17, 15) is 0 Å². The summed E-state index contributed by atoms with van der Waals surface area (Å²) in [6, 6.07) is 20.5. The molecule has 0 bridgehead atoms. The Morgan fingerprint density at radius 1 is 1.00 bits per heavy atom. The number of nitrogens with one attached hydrogen (secondary N) is 1. The minimum absolute atomic E-state index is 0.0100. The highest BCUT2D eigenvalue weighted by molar-refractivity contribution is 5.47. The smallest absolute Gasteiger partial charge is 0.0726 e. The van der Waals surface area contributed by atoms with E-state index in [2.05, 4.69) is 66.9 Å². The number of rotatable bonds is 3. The second kappa shape index (κ2) is 8.04. The summed E-state index contributed by atoms with van der Waals surface area (Å²) in [5.74, 6) is 6.81. The van der Waals surface area contributed by atoms with Gasteiger partial charge in [0.1, 0.15) is 0 Å². The van der Waals surface area contributed by atoms with Crippen molar-refractivity contribution in [3.8, 4) is 11.8 Å². The monoisotopic (exact) mass is 323 g/mol. The molecule has 0 saturated heterocycles. The van der Waals surface area contributed by atoms with Gasteiger partial charge in [-0.2, -0.15) is 0 Å². The van der Waals surface area contributed by atoms with Gasteiger partial charge < -0.3 is 4.98 Å². The SMILES string of the molecule is C=C/C=c1/[nH]cc(C(C#Cc2ccccc2)c2ccccc2)/c1=C/C. The van der Waals surface area contributed by atoms with E-state index in [1.54, 1.807) is 6.08 Å². The fourth-order valence-electron chi connectivity index (χ4n) is 2.95. The highest BCUT2D eigenvalue weighted by Gasteiger charge is 2.14. The summed E-state index contributed by atoms with van der Waals surface area (Å²) in [7, 11) is 0. The lowest BCUT2D eigenvalue weighted by Crippen LogP contribution is -2.25. The number of allylic oxidation sites excluding steroid dienone is 1. The van der Waals surface area contributed by atoms with Crippen LogP contribution in [0.2, 0.25) is 0 Å². The molecule has 1 unspecified atom stereocenters. The molecule has 122 valence electrons. The fourth-order valence-corrected chi connectivity index (χ4v) is 2.95. The van der Waals surface area contributed by atoms with Crippen LogP contribution in [0.4, 0.5) is 0 Å². The van der Waals surface area contributed by atoms with Crippen molar-refractivity contribution in [2.45, 2.75) is 12.8 Å². The summed E-state index contributed by atoms with van der Waals surface area (Å²) in [5.41, 5.74) is 3.40. The van der Waals surface area contributed by atoms with Crippen molar-refractivity contribution in [3.05, 3.63) is 107 Å². The molecule has 1 heterocycles. The molecule has 1 aromatic heterocycles. The highest BCUT2D eigenvalue weighted by atomic mass is 14.7. The van der Waals surface area contributed by atoms with Gasteiger partial charge in [-0.15, -0.1) is 0 Å². The van der Waals surface area contributed by atoms with Crippen LogP contribution in [0, 0.1) is 11.8 Å². The van der Waals surface area contributed by atoms with Gasteiger partial charge in [0.15, 0.2) is 0 Å². The molecule has 0 fully saturated rings. The molecular formula is C24H21N. The summed E-state index contributed by atoms with van der Waals surface area (Å²) < 4.78 is 0. The standard InChI is InChI=1S/C24H21N/c1-3-11-24-21(4-2)23(18-25-24)22(20-14-9-6-10-15-20)17-16-19-12-7-5-8-13-19/h3-15,18,22,25H,1H2,2H3/b21-4-,24-11+. The largest absolute Gasteiger partial charge is 0.361 e. The second-order valence-electron chi connectivity index (χ2n) is 5.74. The summed E-state index contributed by atoms with van der Waals surface area (Å²) in [5, 5.41) is 2.24. The van der Waals surface area contributed by atoms with Gasteiger partial charge in [-0.25, -0.2) is 0 Å². The van der Waals surface area contributed by atoms with E-state index in [1.165, 1.54) is 16.3 Å². The Morgan fingerprint density at radius 3 is 2.32 bits per heavy atom. The van der Waals surface area contributed by atoms with Crippen molar-refractivity contribution < 1.29 is 0 Å². The van der Waals surface area contributed by atoms with Crippen LogP contribution in [0.5, 0.6) is 0 Å². The van der Waals surface area contributed by atoms with E-state index in [0.29, 0.717) is 0 Å². The molecule has 2 aromatic carbocycles. The molecule has 25 heavy (non-hydrogen) atoms. The molecule has 0 spiro atoms. The lowest BCUT2D eigenvalue weighted by Gasteiger charge is -2.10. The first-order chi connectivity index (χ1) is 12.3. The summed E-state index contributed by atoms with van der Waals surface area (Å²) >= 11 is 0. The van der Waals surface area contributed by atoms with Gasteiger partial charge >= 0.3 is 0 Å². The molecule has 0 aliphatic carbocycles. The molecule has 0 radical (unpaired) electrons. The third kappa shape index (κ3) is 3.82. The average Bonchev–Trinajstić information content (AvgIpc) is 3.06. The molecule has 0 saturated carbocycles. The Morgan fingerprint density at radius 2 is 1.68 bits per heavy atom. The quantitative estimate of drug-likeness (QED) is 0.702. The third-order valence-electron chi connectivity index (χ3n) is 4.14. The fraction of sp³-hybridized carbons (Fsp3) is 0.0833. The zero-order chi connectivity index (χ0) is 17.5. The zero-order valence-electron chi connectivity index (χ0n) is 14.4. The van der Waals surface area contributed by atoms with Crippen LogP contribution < -0.4 is 10.6 Å². The molecule has 1 atom stereocenters. The first-order valence-corrected chi connectivity index (χ1v) is 8.41. The summed E-state index contributed by atoms with van der Waals surface area (Å²) in [4.78, 5) is 3.35. The number of hydrogen-bond acceptors (Lipinski definition) is 0. The number of aromatic amines is 1. The van der Waals surface area contributed by atoms with Gasteiger partial charge in [-0.1, -0.05) is 79.1 Å². The predicted octanol–water partition coefficient (Wildman–Crippen LogP) is 3.97. The normalized spacial score (nSPS) is 13.2. The number of benzene rings is 2. The van der Waals surface area contributed by atoms with Crippen molar-refractivity contribution in [3.63, 3.8) is 0 Å². The topological polar surface area (TPSA) is 15.8 Å². The molecule has 0 aliphatic heterocycles. The van der Waals surface area contributed by atoms with Gasteiger partial charge in [0.25, 0.3) is 0 Å². The maximum atomic E-state index is 3.80. The maximum absolute atomic E-state index is 3.80. The van der Waals surface area contributed by atoms with Gasteiger partial charge in [-0.3, -0.25) is 0 Å². The van der Waals surface area contributed by atoms with Crippen molar-refractivity contribution in [2.75, 3.05) is 0 Å². The van der Waals surface area contributed by atoms with Crippen LogP contribution in [0.15, 0.2) is 79.5 Å². The lowest BCUT2D eigenvalue weighted by atomic mass is 9.92. The molecule has 1 N–H and O–H groups in total. The van der Waals surface area contributed by atoms with Crippen LogP contribution in [0.25, 0.3) is 12.2 Å². The Balaban J connectivity index is 2.16.